The maximum Gasteiger partial charge on any atom is 0.261 e. The minimum atomic E-state index is -0.290. The molecule has 0 bridgehead atoms. The Bertz CT molecular complexity index is 766. The summed E-state index contributed by atoms with van der Waals surface area (Å²) in [4.78, 5) is 13.0. The molecular formula is C20H17F2NOS. The van der Waals surface area contributed by atoms with Gasteiger partial charge in [0, 0.05) is 6.04 Å². The third-order valence-electron chi connectivity index (χ3n) is 3.87. The van der Waals surface area contributed by atoms with E-state index in [0.717, 1.165) is 11.1 Å². The monoisotopic (exact) mass is 357 g/mol. The van der Waals surface area contributed by atoms with E-state index >= 15 is 0 Å². The van der Waals surface area contributed by atoms with Crippen molar-refractivity contribution in [2.24, 2.45) is 0 Å². The van der Waals surface area contributed by atoms with Crippen LogP contribution in [-0.4, -0.2) is 11.9 Å². The van der Waals surface area contributed by atoms with Crippen molar-refractivity contribution in [3.8, 4) is 0 Å². The van der Waals surface area contributed by atoms with E-state index in [9.17, 15) is 13.6 Å². The minimum absolute atomic E-state index is 0.135. The van der Waals surface area contributed by atoms with Crippen molar-refractivity contribution in [1.29, 1.82) is 0 Å². The Morgan fingerprint density at radius 2 is 1.40 bits per heavy atom. The quantitative estimate of drug-likeness (QED) is 0.686. The zero-order chi connectivity index (χ0) is 17.6. The first-order valence-electron chi connectivity index (χ1n) is 7.93. The first-order chi connectivity index (χ1) is 12.1. The van der Waals surface area contributed by atoms with Gasteiger partial charge in [-0.15, -0.1) is 11.3 Å². The van der Waals surface area contributed by atoms with Gasteiger partial charge in [-0.2, -0.15) is 0 Å². The number of rotatable bonds is 6. The van der Waals surface area contributed by atoms with Gasteiger partial charge >= 0.3 is 0 Å². The lowest BCUT2D eigenvalue weighted by molar-refractivity contribution is 0.0941. The third kappa shape index (κ3) is 4.97. The molecule has 0 fully saturated rings. The van der Waals surface area contributed by atoms with E-state index in [1.165, 1.54) is 35.6 Å². The van der Waals surface area contributed by atoms with E-state index in [-0.39, 0.29) is 23.6 Å². The standard InChI is InChI=1S/C20H17F2NOS/c21-16-7-3-14(4-8-16)12-18(13-15-5-9-17(22)10-6-15)23-20(24)19-2-1-11-25-19/h1-11,18H,12-13H2,(H,23,24). The van der Waals surface area contributed by atoms with E-state index in [2.05, 4.69) is 5.32 Å². The maximum atomic E-state index is 13.1. The Balaban J connectivity index is 1.75. The van der Waals surface area contributed by atoms with E-state index in [1.807, 2.05) is 11.4 Å². The molecule has 1 aromatic heterocycles. The molecule has 0 aliphatic carbocycles. The predicted molar refractivity (Wildman–Crippen MR) is 95.8 cm³/mol. The van der Waals surface area contributed by atoms with Crippen molar-refractivity contribution >= 4 is 17.2 Å². The number of benzene rings is 2. The molecule has 2 aromatic carbocycles. The van der Waals surface area contributed by atoms with Crippen molar-refractivity contribution < 1.29 is 13.6 Å². The van der Waals surface area contributed by atoms with Crippen LogP contribution in [0.1, 0.15) is 20.8 Å². The highest BCUT2D eigenvalue weighted by Gasteiger charge is 2.16. The van der Waals surface area contributed by atoms with Crippen molar-refractivity contribution in [2.45, 2.75) is 18.9 Å². The molecule has 0 saturated carbocycles. The number of hydrogen-bond donors (Lipinski definition) is 1. The average molecular weight is 357 g/mol. The van der Waals surface area contributed by atoms with Crippen LogP contribution in [0.3, 0.4) is 0 Å². The van der Waals surface area contributed by atoms with Gasteiger partial charge in [-0.3, -0.25) is 4.79 Å². The Hall–Kier alpha value is -2.53. The summed E-state index contributed by atoms with van der Waals surface area (Å²) in [6.07, 6.45) is 1.13. The topological polar surface area (TPSA) is 29.1 Å². The maximum absolute atomic E-state index is 13.1. The SMILES string of the molecule is O=C(NC(Cc1ccc(F)cc1)Cc1ccc(F)cc1)c1cccs1. The zero-order valence-corrected chi connectivity index (χ0v) is 14.2. The molecule has 2 nitrogen and oxygen atoms in total. The van der Waals surface area contributed by atoms with Gasteiger partial charge in [0.25, 0.3) is 5.91 Å². The molecule has 3 rings (SSSR count). The number of amides is 1. The molecule has 25 heavy (non-hydrogen) atoms. The van der Waals surface area contributed by atoms with Gasteiger partial charge in [-0.25, -0.2) is 8.78 Å². The normalized spacial score (nSPS) is 10.8. The smallest absolute Gasteiger partial charge is 0.261 e. The zero-order valence-electron chi connectivity index (χ0n) is 13.4. The molecule has 0 radical (unpaired) electrons. The molecule has 0 aliphatic heterocycles. The Kier molecular flexibility index (Phi) is 5.56. The molecule has 0 atom stereocenters. The Labute approximate surface area is 149 Å². The highest BCUT2D eigenvalue weighted by Crippen LogP contribution is 2.14. The summed E-state index contributed by atoms with van der Waals surface area (Å²) in [6.45, 7) is 0. The van der Waals surface area contributed by atoms with Gasteiger partial charge < -0.3 is 5.32 Å². The van der Waals surface area contributed by atoms with Crippen LogP contribution in [0.5, 0.6) is 0 Å². The van der Waals surface area contributed by atoms with Crippen LogP contribution < -0.4 is 5.32 Å². The van der Waals surface area contributed by atoms with Crippen LogP contribution in [-0.2, 0) is 12.8 Å². The molecule has 3 aromatic rings. The van der Waals surface area contributed by atoms with Gasteiger partial charge in [-0.05, 0) is 59.7 Å². The molecular weight excluding hydrogens is 340 g/mol. The molecule has 1 N–H and O–H groups in total. The molecule has 0 aliphatic rings. The largest absolute Gasteiger partial charge is 0.348 e. The van der Waals surface area contributed by atoms with Gasteiger partial charge in [0.1, 0.15) is 11.6 Å². The third-order valence-corrected chi connectivity index (χ3v) is 4.74. The summed E-state index contributed by atoms with van der Waals surface area (Å²) in [6, 6.07) is 15.9. The first-order valence-corrected chi connectivity index (χ1v) is 8.81. The van der Waals surface area contributed by atoms with Gasteiger partial charge in [0.05, 0.1) is 4.88 Å². The fraction of sp³-hybridized carbons (Fsp3) is 0.150. The summed E-state index contributed by atoms with van der Waals surface area (Å²) in [7, 11) is 0. The number of nitrogens with one attached hydrogen (secondary N) is 1. The lowest BCUT2D eigenvalue weighted by Gasteiger charge is -2.19. The summed E-state index contributed by atoms with van der Waals surface area (Å²) in [5.74, 6) is -0.716. The number of carbonyl (C=O) groups is 1. The van der Waals surface area contributed by atoms with Crippen molar-refractivity contribution in [3.63, 3.8) is 0 Å². The molecule has 1 amide bonds. The number of thiophene rings is 1. The second kappa shape index (κ2) is 8.03. The van der Waals surface area contributed by atoms with Gasteiger partial charge in [-0.1, -0.05) is 30.3 Å². The lowest BCUT2D eigenvalue weighted by atomic mass is 9.98. The van der Waals surface area contributed by atoms with Crippen LogP contribution in [0, 0.1) is 11.6 Å². The highest BCUT2D eigenvalue weighted by molar-refractivity contribution is 7.12. The van der Waals surface area contributed by atoms with Crippen LogP contribution in [0.15, 0.2) is 66.0 Å². The van der Waals surface area contributed by atoms with E-state index < -0.39 is 0 Å². The van der Waals surface area contributed by atoms with E-state index in [0.29, 0.717) is 17.7 Å². The second-order valence-corrected chi connectivity index (χ2v) is 6.76. The summed E-state index contributed by atoms with van der Waals surface area (Å²) >= 11 is 1.38. The number of hydrogen-bond acceptors (Lipinski definition) is 2. The molecule has 5 heteroatoms. The highest BCUT2D eigenvalue weighted by atomic mass is 32.1. The second-order valence-electron chi connectivity index (χ2n) is 5.81. The molecule has 0 unspecified atom stereocenters. The summed E-state index contributed by atoms with van der Waals surface area (Å²) < 4.78 is 26.2. The molecule has 128 valence electrons. The van der Waals surface area contributed by atoms with Crippen LogP contribution in [0.4, 0.5) is 8.78 Å². The van der Waals surface area contributed by atoms with Crippen molar-refractivity contribution in [1.82, 2.24) is 5.32 Å². The first kappa shape index (κ1) is 17.3. The van der Waals surface area contributed by atoms with E-state index in [1.54, 1.807) is 30.3 Å². The number of halogens is 2. The fourth-order valence-electron chi connectivity index (χ4n) is 2.65. The molecule has 0 saturated heterocycles. The minimum Gasteiger partial charge on any atom is -0.348 e. The molecule has 1 heterocycles. The van der Waals surface area contributed by atoms with Gasteiger partial charge in [0.15, 0.2) is 0 Å². The van der Waals surface area contributed by atoms with Crippen LogP contribution >= 0.6 is 11.3 Å². The predicted octanol–water partition coefficient (Wildman–Crippen LogP) is 4.61. The Morgan fingerprint density at radius 1 is 0.880 bits per heavy atom. The van der Waals surface area contributed by atoms with E-state index in [4.69, 9.17) is 0 Å². The number of carbonyl (C=O) groups excluding carboxylic acids is 1. The van der Waals surface area contributed by atoms with Crippen LogP contribution in [0.25, 0.3) is 0 Å². The average Bonchev–Trinajstić information content (AvgIpc) is 3.14. The fourth-order valence-corrected chi connectivity index (χ4v) is 3.28. The molecule has 0 spiro atoms. The van der Waals surface area contributed by atoms with Crippen molar-refractivity contribution in [2.75, 3.05) is 0 Å². The summed E-state index contributed by atoms with van der Waals surface area (Å²) in [5.41, 5.74) is 1.86. The Morgan fingerprint density at radius 3 is 1.84 bits per heavy atom. The lowest BCUT2D eigenvalue weighted by Crippen LogP contribution is -2.37. The van der Waals surface area contributed by atoms with Crippen molar-refractivity contribution in [3.05, 3.63) is 93.7 Å². The van der Waals surface area contributed by atoms with Gasteiger partial charge in [0.2, 0.25) is 0 Å². The van der Waals surface area contributed by atoms with Crippen LogP contribution in [0.2, 0.25) is 0 Å². The summed E-state index contributed by atoms with van der Waals surface area (Å²) in [5, 5.41) is 4.88.